The van der Waals surface area contributed by atoms with E-state index < -0.39 is 12.0 Å². The van der Waals surface area contributed by atoms with Crippen LogP contribution in [0.25, 0.3) is 11.8 Å². The number of rotatable bonds is 11. The van der Waals surface area contributed by atoms with Gasteiger partial charge in [-0.2, -0.15) is 0 Å². The highest BCUT2D eigenvalue weighted by atomic mass is 32.1. The van der Waals surface area contributed by atoms with Crippen LogP contribution in [-0.4, -0.2) is 37.5 Å². The average molecular weight is 641 g/mol. The molecule has 0 aliphatic carbocycles. The van der Waals surface area contributed by atoms with Gasteiger partial charge in [0, 0.05) is 5.56 Å². The number of carbonyl (C=O) groups excluding carboxylic acids is 1. The molecule has 0 spiro atoms. The van der Waals surface area contributed by atoms with E-state index in [1.165, 1.54) is 11.3 Å². The quantitative estimate of drug-likeness (QED) is 0.182. The molecule has 0 N–H and O–H groups in total. The normalized spacial score (nSPS) is 14.6. The van der Waals surface area contributed by atoms with Gasteiger partial charge in [0.2, 0.25) is 0 Å². The van der Waals surface area contributed by atoms with Crippen molar-refractivity contribution in [1.82, 2.24) is 4.57 Å². The van der Waals surface area contributed by atoms with Crippen molar-refractivity contribution in [1.29, 1.82) is 0 Å². The molecule has 0 saturated heterocycles. The standard InChI is InChI=1S/C37H40N2O6S/c1-8-43-28-17-16-25(20-30(28)44-9-2)34-32(36(41)45-10-3)33(24-14-12-11-13-15-24)38-37-39(34)35(40)31(46-37)21-26-19-27(22(4)5)29(42-7)18-23(26)6/h11-22,34H,8-10H2,1-7H3. The van der Waals surface area contributed by atoms with Crippen LogP contribution in [0.3, 0.4) is 0 Å². The number of ether oxygens (including phenoxy) is 4. The number of fused-ring (bicyclic) bond motifs is 1. The van der Waals surface area contributed by atoms with Gasteiger partial charge in [-0.25, -0.2) is 9.79 Å². The predicted molar refractivity (Wildman–Crippen MR) is 182 cm³/mol. The third kappa shape index (κ3) is 6.37. The number of hydrogen-bond acceptors (Lipinski definition) is 8. The molecule has 9 heteroatoms. The summed E-state index contributed by atoms with van der Waals surface area (Å²) in [5.74, 6) is 1.62. The number of esters is 1. The van der Waals surface area contributed by atoms with Crippen LogP contribution in [-0.2, 0) is 9.53 Å². The summed E-state index contributed by atoms with van der Waals surface area (Å²) >= 11 is 1.29. The largest absolute Gasteiger partial charge is 0.496 e. The first-order chi connectivity index (χ1) is 22.2. The van der Waals surface area contributed by atoms with Gasteiger partial charge in [0.05, 0.1) is 48.8 Å². The molecule has 4 aromatic rings. The highest BCUT2D eigenvalue weighted by molar-refractivity contribution is 7.07. The molecule has 0 radical (unpaired) electrons. The molecule has 5 rings (SSSR count). The Balaban J connectivity index is 1.83. The lowest BCUT2D eigenvalue weighted by Crippen LogP contribution is -2.40. The number of aromatic nitrogens is 1. The Kier molecular flexibility index (Phi) is 10.1. The maximum Gasteiger partial charge on any atom is 0.338 e. The molecular weight excluding hydrogens is 600 g/mol. The Bertz CT molecular complexity index is 1960. The lowest BCUT2D eigenvalue weighted by molar-refractivity contribution is -0.138. The second kappa shape index (κ2) is 14.2. The third-order valence-corrected chi connectivity index (χ3v) is 8.77. The summed E-state index contributed by atoms with van der Waals surface area (Å²) in [7, 11) is 1.67. The lowest BCUT2D eigenvalue weighted by atomic mass is 9.93. The zero-order valence-electron chi connectivity index (χ0n) is 27.4. The summed E-state index contributed by atoms with van der Waals surface area (Å²) in [6.07, 6.45) is 1.90. The van der Waals surface area contributed by atoms with Gasteiger partial charge in [-0.3, -0.25) is 9.36 Å². The first-order valence-corrected chi connectivity index (χ1v) is 16.4. The first kappa shape index (κ1) is 32.8. The summed E-state index contributed by atoms with van der Waals surface area (Å²) in [5, 5.41) is 0. The molecule has 1 unspecified atom stereocenters. The molecule has 46 heavy (non-hydrogen) atoms. The minimum atomic E-state index is -0.828. The van der Waals surface area contributed by atoms with Gasteiger partial charge in [-0.15, -0.1) is 0 Å². The molecule has 1 aliphatic heterocycles. The smallest absolute Gasteiger partial charge is 0.338 e. The zero-order chi connectivity index (χ0) is 33.0. The van der Waals surface area contributed by atoms with E-state index in [4.69, 9.17) is 23.9 Å². The minimum absolute atomic E-state index is 0.171. The van der Waals surface area contributed by atoms with E-state index in [0.717, 1.165) is 28.0 Å². The van der Waals surface area contributed by atoms with Gasteiger partial charge < -0.3 is 18.9 Å². The SMILES string of the molecule is CCOC(=O)C1=C(c2ccccc2)N=c2sc(=Cc3cc(C(C)C)c(OC)cc3C)c(=O)n2C1c1ccc(OCC)c(OCC)c1. The van der Waals surface area contributed by atoms with Gasteiger partial charge in [-0.05, 0) is 86.2 Å². The van der Waals surface area contributed by atoms with Crippen molar-refractivity contribution in [2.75, 3.05) is 26.9 Å². The average Bonchev–Trinajstić information content (AvgIpc) is 3.36. The maximum atomic E-state index is 14.4. The van der Waals surface area contributed by atoms with Crippen molar-refractivity contribution in [3.8, 4) is 17.2 Å². The van der Waals surface area contributed by atoms with E-state index in [1.54, 1.807) is 18.6 Å². The Morgan fingerprint density at radius 1 is 0.957 bits per heavy atom. The second-order valence-corrected chi connectivity index (χ2v) is 12.1. The summed E-state index contributed by atoms with van der Waals surface area (Å²) in [5.41, 5.74) is 4.86. The Labute approximate surface area is 273 Å². The number of benzene rings is 3. The van der Waals surface area contributed by atoms with Crippen molar-refractivity contribution in [2.24, 2.45) is 4.99 Å². The fraction of sp³-hybridized carbons (Fsp3) is 0.324. The van der Waals surface area contributed by atoms with E-state index in [9.17, 15) is 9.59 Å². The van der Waals surface area contributed by atoms with Crippen molar-refractivity contribution in [3.05, 3.63) is 114 Å². The second-order valence-electron chi connectivity index (χ2n) is 11.1. The molecule has 240 valence electrons. The first-order valence-electron chi connectivity index (χ1n) is 15.6. The zero-order valence-corrected chi connectivity index (χ0v) is 28.2. The maximum absolute atomic E-state index is 14.4. The summed E-state index contributed by atoms with van der Waals surface area (Å²) < 4.78 is 25.1. The molecule has 0 amide bonds. The van der Waals surface area contributed by atoms with Crippen LogP contribution in [0.15, 0.2) is 76.0 Å². The van der Waals surface area contributed by atoms with Gasteiger partial charge in [0.1, 0.15) is 5.75 Å². The summed E-state index contributed by atoms with van der Waals surface area (Å²) in [4.78, 5) is 33.7. The van der Waals surface area contributed by atoms with Crippen LogP contribution < -0.4 is 29.1 Å². The summed E-state index contributed by atoms with van der Waals surface area (Å²) in [6, 6.07) is 18.3. The Morgan fingerprint density at radius 2 is 1.67 bits per heavy atom. The van der Waals surface area contributed by atoms with Gasteiger partial charge in [0.25, 0.3) is 5.56 Å². The monoisotopic (exact) mass is 640 g/mol. The number of nitrogens with zero attached hydrogens (tertiary/aromatic N) is 2. The van der Waals surface area contributed by atoms with Crippen molar-refractivity contribution < 1.29 is 23.7 Å². The summed E-state index contributed by atoms with van der Waals surface area (Å²) in [6.45, 7) is 12.8. The fourth-order valence-electron chi connectivity index (χ4n) is 5.63. The molecular formula is C37H40N2O6S. The van der Waals surface area contributed by atoms with Gasteiger partial charge in [0.15, 0.2) is 16.3 Å². The fourth-order valence-corrected chi connectivity index (χ4v) is 6.63. The molecule has 1 aromatic heterocycles. The minimum Gasteiger partial charge on any atom is -0.496 e. The molecule has 1 aliphatic rings. The molecule has 0 bridgehead atoms. The molecule has 1 atom stereocenters. The van der Waals surface area contributed by atoms with Crippen LogP contribution in [0.1, 0.15) is 74.4 Å². The molecule has 0 fully saturated rings. The van der Waals surface area contributed by atoms with Crippen LogP contribution in [0, 0.1) is 6.92 Å². The van der Waals surface area contributed by atoms with E-state index in [1.807, 2.05) is 81.4 Å². The molecule has 8 nitrogen and oxygen atoms in total. The topological polar surface area (TPSA) is 88.4 Å². The van der Waals surface area contributed by atoms with E-state index in [-0.39, 0.29) is 23.7 Å². The van der Waals surface area contributed by atoms with Crippen LogP contribution >= 0.6 is 11.3 Å². The molecule has 0 saturated carbocycles. The van der Waals surface area contributed by atoms with Crippen molar-refractivity contribution >= 4 is 29.1 Å². The lowest BCUT2D eigenvalue weighted by Gasteiger charge is -2.26. The van der Waals surface area contributed by atoms with E-state index in [0.29, 0.717) is 45.3 Å². The number of thiazole rings is 1. The predicted octanol–water partition coefficient (Wildman–Crippen LogP) is 6.17. The molecule has 3 aromatic carbocycles. The number of carbonyl (C=O) groups is 1. The van der Waals surface area contributed by atoms with Crippen molar-refractivity contribution in [2.45, 2.75) is 53.5 Å². The van der Waals surface area contributed by atoms with E-state index >= 15 is 0 Å². The number of hydrogen-bond donors (Lipinski definition) is 0. The Hall–Kier alpha value is -4.63. The number of aryl methyl sites for hydroxylation is 1. The van der Waals surface area contributed by atoms with Crippen LogP contribution in [0.5, 0.6) is 17.2 Å². The van der Waals surface area contributed by atoms with Crippen LogP contribution in [0.2, 0.25) is 0 Å². The highest BCUT2D eigenvalue weighted by Crippen LogP contribution is 2.39. The van der Waals surface area contributed by atoms with E-state index in [2.05, 4.69) is 19.9 Å². The third-order valence-electron chi connectivity index (χ3n) is 7.78. The van der Waals surface area contributed by atoms with Crippen LogP contribution in [0.4, 0.5) is 0 Å². The van der Waals surface area contributed by atoms with Gasteiger partial charge >= 0.3 is 5.97 Å². The Morgan fingerprint density at radius 3 is 2.33 bits per heavy atom. The van der Waals surface area contributed by atoms with Gasteiger partial charge in [-0.1, -0.05) is 61.6 Å². The number of methoxy groups -OCH3 is 1. The molecule has 2 heterocycles. The van der Waals surface area contributed by atoms with Crippen molar-refractivity contribution in [3.63, 3.8) is 0 Å². The highest BCUT2D eigenvalue weighted by Gasteiger charge is 2.35.